The molecule has 0 amide bonds. The van der Waals surface area contributed by atoms with Crippen LogP contribution in [-0.4, -0.2) is 23.1 Å². The maximum absolute atomic E-state index is 6.03. The predicted octanol–water partition coefficient (Wildman–Crippen LogP) is 3.37. The highest BCUT2D eigenvalue weighted by Crippen LogP contribution is 2.25. The summed E-state index contributed by atoms with van der Waals surface area (Å²) < 4.78 is 6.03. The lowest BCUT2D eigenvalue weighted by Gasteiger charge is -2.15. The normalized spacial score (nSPS) is 19.6. The Morgan fingerprint density at radius 3 is 2.65 bits per heavy atom. The molecule has 2 saturated carbocycles. The number of aromatic nitrogens is 1. The Bertz CT molecular complexity index is 511. The summed E-state index contributed by atoms with van der Waals surface area (Å²) in [6.45, 7) is 0.515. The molecule has 2 fully saturated rings. The van der Waals surface area contributed by atoms with Crippen LogP contribution in [0.25, 0.3) is 0 Å². The van der Waals surface area contributed by atoms with Gasteiger partial charge in [0.05, 0.1) is 6.54 Å². The molecule has 6 heteroatoms. The Labute approximate surface area is 155 Å². The SMILES string of the molecule is I.NC(=NCc1cccnc1OC1CCCC1)NC1CCCC1. The molecular weight excluding hydrogens is 403 g/mol. The van der Waals surface area contributed by atoms with Crippen molar-refractivity contribution in [1.29, 1.82) is 0 Å². The quantitative estimate of drug-likeness (QED) is 0.427. The minimum atomic E-state index is 0. The van der Waals surface area contributed by atoms with Crippen LogP contribution in [0.4, 0.5) is 0 Å². The van der Waals surface area contributed by atoms with Crippen LogP contribution in [0.2, 0.25) is 0 Å². The van der Waals surface area contributed by atoms with E-state index in [1.165, 1.54) is 38.5 Å². The molecule has 0 aliphatic heterocycles. The zero-order valence-corrected chi connectivity index (χ0v) is 15.9. The molecule has 0 atom stereocenters. The van der Waals surface area contributed by atoms with Gasteiger partial charge in [-0.2, -0.15) is 0 Å². The summed E-state index contributed by atoms with van der Waals surface area (Å²) in [6, 6.07) is 4.43. The van der Waals surface area contributed by atoms with Gasteiger partial charge in [0.1, 0.15) is 6.10 Å². The van der Waals surface area contributed by atoms with Crippen molar-refractivity contribution in [2.24, 2.45) is 10.7 Å². The van der Waals surface area contributed by atoms with Crippen molar-refractivity contribution in [3.63, 3.8) is 0 Å². The fraction of sp³-hybridized carbons (Fsp3) is 0.647. The lowest BCUT2D eigenvalue weighted by molar-refractivity contribution is 0.199. The maximum Gasteiger partial charge on any atom is 0.218 e. The molecule has 3 rings (SSSR count). The predicted molar refractivity (Wildman–Crippen MR) is 103 cm³/mol. The summed E-state index contributed by atoms with van der Waals surface area (Å²) in [7, 11) is 0. The fourth-order valence-electron chi connectivity index (χ4n) is 3.31. The minimum Gasteiger partial charge on any atom is -0.474 e. The highest BCUT2D eigenvalue weighted by Gasteiger charge is 2.18. The van der Waals surface area contributed by atoms with Gasteiger partial charge >= 0.3 is 0 Å². The van der Waals surface area contributed by atoms with E-state index in [1.54, 1.807) is 6.20 Å². The number of guanidine groups is 1. The number of nitrogens with one attached hydrogen (secondary N) is 1. The Kier molecular flexibility index (Phi) is 7.39. The summed E-state index contributed by atoms with van der Waals surface area (Å²) in [5.41, 5.74) is 7.00. The molecule has 23 heavy (non-hydrogen) atoms. The van der Waals surface area contributed by atoms with Crippen LogP contribution in [0.5, 0.6) is 5.88 Å². The van der Waals surface area contributed by atoms with E-state index in [9.17, 15) is 0 Å². The molecule has 3 N–H and O–H groups in total. The lowest BCUT2D eigenvalue weighted by atomic mass is 10.2. The van der Waals surface area contributed by atoms with Gasteiger partial charge in [-0.1, -0.05) is 18.9 Å². The van der Waals surface area contributed by atoms with Gasteiger partial charge in [-0.05, 0) is 44.6 Å². The van der Waals surface area contributed by atoms with Crippen molar-refractivity contribution in [1.82, 2.24) is 10.3 Å². The number of hydrogen-bond acceptors (Lipinski definition) is 3. The van der Waals surface area contributed by atoms with Gasteiger partial charge in [0, 0.05) is 17.8 Å². The topological polar surface area (TPSA) is 72.5 Å². The van der Waals surface area contributed by atoms with Gasteiger partial charge in [0.2, 0.25) is 5.88 Å². The standard InChI is InChI=1S/C17H26N4O.HI/c18-17(21-14-7-1-2-8-14)20-12-13-6-5-11-19-16(13)22-15-9-3-4-10-15;/h5-6,11,14-15H,1-4,7-10,12H2,(H3,18,20,21);1H. The number of nitrogens with zero attached hydrogens (tertiary/aromatic N) is 2. The third-order valence-corrected chi connectivity index (χ3v) is 4.56. The molecule has 1 aromatic heterocycles. The molecule has 5 nitrogen and oxygen atoms in total. The summed E-state index contributed by atoms with van der Waals surface area (Å²) in [5, 5.41) is 3.31. The number of hydrogen-bond donors (Lipinski definition) is 2. The second-order valence-corrected chi connectivity index (χ2v) is 6.32. The summed E-state index contributed by atoms with van der Waals surface area (Å²) >= 11 is 0. The van der Waals surface area contributed by atoms with Crippen molar-refractivity contribution >= 4 is 29.9 Å². The van der Waals surface area contributed by atoms with E-state index >= 15 is 0 Å². The second-order valence-electron chi connectivity index (χ2n) is 6.32. The number of pyridine rings is 1. The third kappa shape index (κ3) is 5.51. The van der Waals surface area contributed by atoms with Crippen molar-refractivity contribution in [2.45, 2.75) is 70.1 Å². The van der Waals surface area contributed by atoms with Crippen LogP contribution in [0.3, 0.4) is 0 Å². The summed E-state index contributed by atoms with van der Waals surface area (Å²) in [4.78, 5) is 8.83. The van der Waals surface area contributed by atoms with Gasteiger partial charge in [-0.25, -0.2) is 9.98 Å². The lowest BCUT2D eigenvalue weighted by Crippen LogP contribution is -2.38. The first-order chi connectivity index (χ1) is 10.8. The van der Waals surface area contributed by atoms with Crippen molar-refractivity contribution < 1.29 is 4.74 Å². The Morgan fingerprint density at radius 2 is 1.91 bits per heavy atom. The van der Waals surface area contributed by atoms with Crippen molar-refractivity contribution in [3.05, 3.63) is 23.9 Å². The van der Waals surface area contributed by atoms with E-state index in [1.807, 2.05) is 12.1 Å². The number of aliphatic imine (C=N–C) groups is 1. The third-order valence-electron chi connectivity index (χ3n) is 4.56. The van der Waals surface area contributed by atoms with Crippen LogP contribution in [-0.2, 0) is 6.54 Å². The van der Waals surface area contributed by atoms with Crippen molar-refractivity contribution in [2.75, 3.05) is 0 Å². The van der Waals surface area contributed by atoms with E-state index in [2.05, 4.69) is 15.3 Å². The van der Waals surface area contributed by atoms with Crippen LogP contribution in [0.1, 0.15) is 56.9 Å². The molecule has 0 bridgehead atoms. The molecule has 0 unspecified atom stereocenters. The molecule has 128 valence electrons. The van der Waals surface area contributed by atoms with Gasteiger partial charge < -0.3 is 15.8 Å². The fourth-order valence-corrected chi connectivity index (χ4v) is 3.31. The Balaban J connectivity index is 0.00000192. The minimum absolute atomic E-state index is 0. The molecule has 2 aliphatic carbocycles. The molecule has 1 aromatic rings. The van der Waals surface area contributed by atoms with E-state index < -0.39 is 0 Å². The van der Waals surface area contributed by atoms with E-state index in [0.717, 1.165) is 18.4 Å². The molecule has 0 spiro atoms. The molecule has 2 aliphatic rings. The smallest absolute Gasteiger partial charge is 0.218 e. The molecule has 0 saturated heterocycles. The first kappa shape index (κ1) is 18.3. The zero-order valence-electron chi connectivity index (χ0n) is 13.5. The van der Waals surface area contributed by atoms with Gasteiger partial charge in [0.15, 0.2) is 5.96 Å². The van der Waals surface area contributed by atoms with Crippen molar-refractivity contribution in [3.8, 4) is 5.88 Å². The van der Waals surface area contributed by atoms with Gasteiger partial charge in [-0.15, -0.1) is 24.0 Å². The molecule has 0 aromatic carbocycles. The average molecular weight is 430 g/mol. The highest BCUT2D eigenvalue weighted by atomic mass is 127. The van der Waals surface area contributed by atoms with Crippen LogP contribution < -0.4 is 15.8 Å². The average Bonchev–Trinajstić information content (AvgIpc) is 3.20. The zero-order chi connectivity index (χ0) is 15.2. The first-order valence-electron chi connectivity index (χ1n) is 8.48. The molecule has 0 radical (unpaired) electrons. The monoisotopic (exact) mass is 430 g/mol. The van der Waals surface area contributed by atoms with Crippen LogP contribution in [0, 0.1) is 0 Å². The largest absolute Gasteiger partial charge is 0.474 e. The van der Waals surface area contributed by atoms with Gasteiger partial charge in [-0.3, -0.25) is 0 Å². The van der Waals surface area contributed by atoms with Gasteiger partial charge in [0.25, 0.3) is 0 Å². The highest BCUT2D eigenvalue weighted by molar-refractivity contribution is 14.0. The van der Waals surface area contributed by atoms with E-state index in [-0.39, 0.29) is 24.0 Å². The maximum atomic E-state index is 6.03. The Hall–Kier alpha value is -1.05. The number of rotatable bonds is 5. The summed E-state index contributed by atoms with van der Waals surface area (Å²) in [6.07, 6.45) is 11.8. The summed E-state index contributed by atoms with van der Waals surface area (Å²) in [5.74, 6) is 1.24. The number of halogens is 1. The number of ether oxygens (including phenoxy) is 1. The number of nitrogens with two attached hydrogens (primary N) is 1. The van der Waals surface area contributed by atoms with E-state index in [0.29, 0.717) is 30.5 Å². The first-order valence-corrected chi connectivity index (χ1v) is 8.48. The van der Waals surface area contributed by atoms with Crippen LogP contribution >= 0.6 is 24.0 Å². The van der Waals surface area contributed by atoms with E-state index in [4.69, 9.17) is 10.5 Å². The molecule has 1 heterocycles. The molecular formula is C17H27IN4O. The van der Waals surface area contributed by atoms with Crippen LogP contribution in [0.15, 0.2) is 23.3 Å². The Morgan fingerprint density at radius 1 is 1.22 bits per heavy atom. The second kappa shape index (κ2) is 9.30.